The fourth-order valence-electron chi connectivity index (χ4n) is 2.92. The van der Waals surface area contributed by atoms with Gasteiger partial charge in [-0.25, -0.2) is 0 Å². The zero-order valence-corrected chi connectivity index (χ0v) is 14.7. The number of nitrogens with zero attached hydrogens (tertiary/aromatic N) is 2. The van der Waals surface area contributed by atoms with Crippen molar-refractivity contribution in [3.63, 3.8) is 0 Å². The van der Waals surface area contributed by atoms with Crippen molar-refractivity contribution in [3.8, 4) is 6.07 Å². The molecular formula is C20H23N3O. The number of amides is 1. The highest BCUT2D eigenvalue weighted by atomic mass is 16.2. The Hall–Kier alpha value is -2.64. The van der Waals surface area contributed by atoms with Gasteiger partial charge in [0.25, 0.3) is 0 Å². The molecule has 2 aromatic rings. The SMILES string of the molecule is Cc1cc(C)c(NC(=O)CN(C)Cc2ccccc2C#N)c(C)c1. The first-order chi connectivity index (χ1) is 11.4. The van der Waals surface area contributed by atoms with Gasteiger partial charge >= 0.3 is 0 Å². The summed E-state index contributed by atoms with van der Waals surface area (Å²) in [6, 6.07) is 13.8. The first-order valence-corrected chi connectivity index (χ1v) is 7.95. The molecule has 0 spiro atoms. The summed E-state index contributed by atoms with van der Waals surface area (Å²) in [4.78, 5) is 14.2. The standard InChI is InChI=1S/C20H23N3O/c1-14-9-15(2)20(16(3)10-14)22-19(24)13-23(4)12-18-8-6-5-7-17(18)11-21/h5-10H,12-13H2,1-4H3,(H,22,24). The van der Waals surface area contributed by atoms with E-state index in [9.17, 15) is 4.79 Å². The third kappa shape index (κ3) is 4.43. The first-order valence-electron chi connectivity index (χ1n) is 7.95. The smallest absolute Gasteiger partial charge is 0.238 e. The molecule has 4 nitrogen and oxygen atoms in total. The monoisotopic (exact) mass is 321 g/mol. The predicted octanol–water partition coefficient (Wildman–Crippen LogP) is 3.55. The Morgan fingerprint density at radius 1 is 1.17 bits per heavy atom. The minimum absolute atomic E-state index is 0.0537. The minimum atomic E-state index is -0.0537. The van der Waals surface area contributed by atoms with E-state index in [0.717, 1.165) is 22.4 Å². The number of likely N-dealkylation sites (N-methyl/N-ethyl adjacent to an activating group) is 1. The van der Waals surface area contributed by atoms with Crippen LogP contribution < -0.4 is 5.32 Å². The van der Waals surface area contributed by atoms with Crippen LogP contribution >= 0.6 is 0 Å². The molecule has 0 saturated heterocycles. The molecule has 0 aromatic heterocycles. The molecule has 0 fully saturated rings. The van der Waals surface area contributed by atoms with Crippen molar-refractivity contribution < 1.29 is 4.79 Å². The molecule has 0 atom stereocenters. The van der Waals surface area contributed by atoms with Gasteiger partial charge in [0.05, 0.1) is 18.2 Å². The van der Waals surface area contributed by atoms with Crippen LogP contribution in [0.3, 0.4) is 0 Å². The highest BCUT2D eigenvalue weighted by Gasteiger charge is 2.12. The van der Waals surface area contributed by atoms with Crippen LogP contribution in [-0.4, -0.2) is 24.4 Å². The molecule has 0 saturated carbocycles. The minimum Gasteiger partial charge on any atom is -0.324 e. The summed E-state index contributed by atoms with van der Waals surface area (Å²) in [5.41, 5.74) is 5.79. The average Bonchev–Trinajstić information content (AvgIpc) is 2.51. The van der Waals surface area contributed by atoms with Crippen molar-refractivity contribution >= 4 is 11.6 Å². The lowest BCUT2D eigenvalue weighted by atomic mass is 10.1. The van der Waals surface area contributed by atoms with Crippen molar-refractivity contribution in [1.82, 2.24) is 4.90 Å². The number of rotatable bonds is 5. The van der Waals surface area contributed by atoms with Crippen molar-refractivity contribution in [1.29, 1.82) is 5.26 Å². The summed E-state index contributed by atoms with van der Waals surface area (Å²) >= 11 is 0. The van der Waals surface area contributed by atoms with Crippen LogP contribution in [-0.2, 0) is 11.3 Å². The maximum absolute atomic E-state index is 12.3. The van der Waals surface area contributed by atoms with Crippen LogP contribution in [0.5, 0.6) is 0 Å². The van der Waals surface area contributed by atoms with Gasteiger partial charge in [-0.2, -0.15) is 5.26 Å². The van der Waals surface area contributed by atoms with Crippen LogP contribution in [0.15, 0.2) is 36.4 Å². The molecule has 0 unspecified atom stereocenters. The fraction of sp³-hybridized carbons (Fsp3) is 0.300. The second-order valence-corrected chi connectivity index (χ2v) is 6.26. The van der Waals surface area contributed by atoms with E-state index in [0.29, 0.717) is 12.1 Å². The topological polar surface area (TPSA) is 56.1 Å². The van der Waals surface area contributed by atoms with Crippen LogP contribution in [0, 0.1) is 32.1 Å². The average molecular weight is 321 g/mol. The molecule has 0 bridgehead atoms. The summed E-state index contributed by atoms with van der Waals surface area (Å²) in [7, 11) is 1.88. The quantitative estimate of drug-likeness (QED) is 0.916. The molecule has 2 aromatic carbocycles. The molecule has 4 heteroatoms. The van der Waals surface area contributed by atoms with Crippen molar-refractivity contribution in [2.24, 2.45) is 0 Å². The van der Waals surface area contributed by atoms with Crippen LogP contribution in [0.1, 0.15) is 27.8 Å². The van der Waals surface area contributed by atoms with E-state index in [4.69, 9.17) is 5.26 Å². The summed E-state index contributed by atoms with van der Waals surface area (Å²) in [5, 5.41) is 12.1. The van der Waals surface area contributed by atoms with Gasteiger partial charge in [0.1, 0.15) is 0 Å². The molecule has 124 valence electrons. The van der Waals surface area contributed by atoms with Crippen molar-refractivity contribution in [2.45, 2.75) is 27.3 Å². The zero-order chi connectivity index (χ0) is 17.7. The lowest BCUT2D eigenvalue weighted by Crippen LogP contribution is -2.30. The van der Waals surface area contributed by atoms with Gasteiger partial charge in [0, 0.05) is 12.2 Å². The largest absolute Gasteiger partial charge is 0.324 e. The van der Waals surface area contributed by atoms with Gasteiger partial charge < -0.3 is 5.32 Å². The first kappa shape index (κ1) is 17.7. The molecule has 1 N–H and O–H groups in total. The Kier molecular flexibility index (Phi) is 5.73. The second kappa shape index (κ2) is 7.76. The second-order valence-electron chi connectivity index (χ2n) is 6.26. The molecule has 0 aliphatic carbocycles. The number of hydrogen-bond donors (Lipinski definition) is 1. The number of hydrogen-bond acceptors (Lipinski definition) is 3. The Morgan fingerprint density at radius 3 is 2.42 bits per heavy atom. The van der Waals surface area contributed by atoms with Gasteiger partial charge in [-0.15, -0.1) is 0 Å². The number of carbonyl (C=O) groups is 1. The lowest BCUT2D eigenvalue weighted by molar-refractivity contribution is -0.117. The van der Waals surface area contributed by atoms with E-state index >= 15 is 0 Å². The zero-order valence-electron chi connectivity index (χ0n) is 14.7. The molecule has 0 radical (unpaired) electrons. The Bertz CT molecular complexity index is 767. The predicted molar refractivity (Wildman–Crippen MR) is 96.8 cm³/mol. The number of aryl methyl sites for hydroxylation is 3. The van der Waals surface area contributed by atoms with Crippen molar-refractivity contribution in [3.05, 3.63) is 64.2 Å². The molecule has 0 heterocycles. The number of nitriles is 1. The molecule has 2 rings (SSSR count). The van der Waals surface area contributed by atoms with Gasteiger partial charge in [-0.3, -0.25) is 9.69 Å². The number of anilines is 1. The Labute approximate surface area is 143 Å². The van der Waals surface area contributed by atoms with E-state index in [1.807, 2.05) is 50.9 Å². The normalized spacial score (nSPS) is 10.5. The van der Waals surface area contributed by atoms with Crippen LogP contribution in [0.4, 0.5) is 5.69 Å². The van der Waals surface area contributed by atoms with E-state index < -0.39 is 0 Å². The third-order valence-corrected chi connectivity index (χ3v) is 3.93. The van der Waals surface area contributed by atoms with Gasteiger partial charge in [-0.1, -0.05) is 35.9 Å². The van der Waals surface area contributed by atoms with Crippen molar-refractivity contribution in [2.75, 3.05) is 18.9 Å². The van der Waals surface area contributed by atoms with Gasteiger partial charge in [0.15, 0.2) is 0 Å². The molecule has 24 heavy (non-hydrogen) atoms. The molecular weight excluding hydrogens is 298 g/mol. The van der Waals surface area contributed by atoms with Gasteiger partial charge in [0.2, 0.25) is 5.91 Å². The van der Waals surface area contributed by atoms with E-state index in [1.54, 1.807) is 6.07 Å². The molecule has 1 amide bonds. The van der Waals surface area contributed by atoms with Gasteiger partial charge in [-0.05, 0) is 50.6 Å². The number of nitrogens with one attached hydrogen (secondary N) is 1. The molecule has 0 aliphatic rings. The number of carbonyl (C=O) groups excluding carboxylic acids is 1. The number of benzene rings is 2. The highest BCUT2D eigenvalue weighted by Crippen LogP contribution is 2.21. The maximum atomic E-state index is 12.3. The van der Waals surface area contributed by atoms with E-state index in [1.165, 1.54) is 5.56 Å². The van der Waals surface area contributed by atoms with E-state index in [-0.39, 0.29) is 12.5 Å². The van der Waals surface area contributed by atoms with Crippen LogP contribution in [0.2, 0.25) is 0 Å². The summed E-state index contributed by atoms with van der Waals surface area (Å²) in [6.45, 7) is 6.88. The fourth-order valence-corrected chi connectivity index (χ4v) is 2.92. The van der Waals surface area contributed by atoms with Crippen LogP contribution in [0.25, 0.3) is 0 Å². The summed E-state index contributed by atoms with van der Waals surface area (Å²) in [6.07, 6.45) is 0. The lowest BCUT2D eigenvalue weighted by Gasteiger charge is -2.18. The Balaban J connectivity index is 2.01. The highest BCUT2D eigenvalue weighted by molar-refractivity contribution is 5.93. The Morgan fingerprint density at radius 2 is 1.79 bits per heavy atom. The van der Waals surface area contributed by atoms with E-state index in [2.05, 4.69) is 23.5 Å². The molecule has 0 aliphatic heterocycles. The maximum Gasteiger partial charge on any atom is 0.238 e. The summed E-state index contributed by atoms with van der Waals surface area (Å²) < 4.78 is 0. The summed E-state index contributed by atoms with van der Waals surface area (Å²) in [5.74, 6) is -0.0537. The third-order valence-electron chi connectivity index (χ3n) is 3.93.